The summed E-state index contributed by atoms with van der Waals surface area (Å²) in [5, 5.41) is 8.16. The first-order valence-corrected chi connectivity index (χ1v) is 16.6. The maximum absolute atomic E-state index is 2.62. The Morgan fingerprint density at radius 2 is 1.16 bits per heavy atom. The molecule has 2 heteroatoms. The van der Waals surface area contributed by atoms with Gasteiger partial charge in [0, 0.05) is 41.7 Å². The van der Waals surface area contributed by atoms with Gasteiger partial charge >= 0.3 is 0 Å². The molecule has 7 aromatic carbocycles. The van der Waals surface area contributed by atoms with Crippen LogP contribution in [0.2, 0.25) is 0 Å². The van der Waals surface area contributed by atoms with Crippen LogP contribution in [-0.4, -0.2) is 4.57 Å². The summed E-state index contributed by atoms with van der Waals surface area (Å²) in [5.74, 6) is 0. The second-order valence-corrected chi connectivity index (χ2v) is 14.3. The Kier molecular flexibility index (Phi) is 4.35. The van der Waals surface area contributed by atoms with Crippen molar-refractivity contribution in [2.24, 2.45) is 0 Å². The minimum absolute atomic E-state index is 0.168. The normalized spacial score (nSPS) is 14.2. The van der Waals surface area contributed by atoms with Gasteiger partial charge in [-0.25, -0.2) is 0 Å². The molecule has 0 spiro atoms. The molecule has 11 rings (SSSR count). The fourth-order valence-corrected chi connectivity index (χ4v) is 10.2. The molecule has 0 fully saturated rings. The van der Waals surface area contributed by atoms with E-state index in [2.05, 4.69) is 146 Å². The lowest BCUT2D eigenvalue weighted by Crippen LogP contribution is -2.16. The van der Waals surface area contributed by atoms with Gasteiger partial charge in [0.15, 0.2) is 0 Å². The second-order valence-electron chi connectivity index (χ2n) is 13.2. The molecule has 0 atom stereocenters. The summed E-state index contributed by atoms with van der Waals surface area (Å²) in [4.78, 5) is 0. The van der Waals surface area contributed by atoms with Gasteiger partial charge in [0.1, 0.15) is 0 Å². The number of aromatic nitrogens is 1. The summed E-state index contributed by atoms with van der Waals surface area (Å²) in [6.45, 7) is 4.87. The van der Waals surface area contributed by atoms with Crippen LogP contribution in [-0.2, 0) is 5.41 Å². The maximum Gasteiger partial charge on any atom is 0.0603 e. The van der Waals surface area contributed by atoms with Crippen LogP contribution in [0.25, 0.3) is 91.8 Å². The summed E-state index contributed by atoms with van der Waals surface area (Å²) in [6, 6.07) is 47.7. The highest BCUT2D eigenvalue weighted by Crippen LogP contribution is 2.59. The lowest BCUT2D eigenvalue weighted by molar-refractivity contribution is 0.664. The number of thiophene rings is 1. The highest BCUT2D eigenvalue weighted by atomic mass is 32.1. The van der Waals surface area contributed by atoms with Crippen molar-refractivity contribution in [2.45, 2.75) is 19.3 Å². The molecule has 0 aliphatic heterocycles. The van der Waals surface area contributed by atoms with E-state index in [1.165, 1.54) is 103 Å². The summed E-state index contributed by atoms with van der Waals surface area (Å²) in [5.41, 5.74) is 14.7. The standard InChI is InChI=1S/C43H27NS/c1-43(2)32-19-8-5-14-28(32)37-38-31-16-7-10-21-35(31)45-42(38)39-30-15-6-9-20-33(30)44(41(39)40(37)43)34-23-22-27-25-13-4-3-12-24(25)26-17-11-18-29(34)36(26)27/h3-23H,1-2H3. The van der Waals surface area contributed by atoms with Crippen LogP contribution < -0.4 is 0 Å². The molecule has 2 aliphatic carbocycles. The number of para-hydroxylation sites is 1. The Bertz CT molecular complexity index is 2760. The van der Waals surface area contributed by atoms with Gasteiger partial charge in [-0.3, -0.25) is 0 Å². The van der Waals surface area contributed by atoms with E-state index in [1.807, 2.05) is 11.3 Å². The molecule has 2 aromatic heterocycles. The van der Waals surface area contributed by atoms with Crippen LogP contribution in [0, 0.1) is 0 Å². The summed E-state index contributed by atoms with van der Waals surface area (Å²) in [6.07, 6.45) is 0. The predicted molar refractivity (Wildman–Crippen MR) is 193 cm³/mol. The van der Waals surface area contributed by atoms with Crippen LogP contribution in [0.15, 0.2) is 127 Å². The molecule has 2 aliphatic rings. The molecule has 2 heterocycles. The molecule has 0 amide bonds. The number of hydrogen-bond acceptors (Lipinski definition) is 1. The van der Waals surface area contributed by atoms with Crippen molar-refractivity contribution < 1.29 is 0 Å². The van der Waals surface area contributed by atoms with Gasteiger partial charge in [0.2, 0.25) is 0 Å². The Hall–Kier alpha value is -5.18. The highest BCUT2D eigenvalue weighted by molar-refractivity contribution is 7.27. The van der Waals surface area contributed by atoms with Crippen molar-refractivity contribution in [3.63, 3.8) is 0 Å². The smallest absolute Gasteiger partial charge is 0.0603 e. The van der Waals surface area contributed by atoms with Crippen LogP contribution in [0.3, 0.4) is 0 Å². The Balaban J connectivity index is 1.41. The molecule has 45 heavy (non-hydrogen) atoms. The molecule has 9 aromatic rings. The van der Waals surface area contributed by atoms with Gasteiger partial charge in [-0.15, -0.1) is 11.3 Å². The van der Waals surface area contributed by atoms with E-state index in [1.54, 1.807) is 0 Å². The summed E-state index contributed by atoms with van der Waals surface area (Å²) in [7, 11) is 0. The molecule has 0 unspecified atom stereocenters. The monoisotopic (exact) mass is 589 g/mol. The van der Waals surface area contributed by atoms with Crippen molar-refractivity contribution >= 4 is 64.1 Å². The van der Waals surface area contributed by atoms with Gasteiger partial charge in [-0.2, -0.15) is 0 Å². The SMILES string of the molecule is CC1(C)c2ccccc2-c2c1c1c(c3ccccc3n1-c1ccc3c4c(cccc14)-c1ccccc1-3)c1sc3ccccc3c21. The van der Waals surface area contributed by atoms with Crippen LogP contribution in [0.5, 0.6) is 0 Å². The number of nitrogens with zero attached hydrogens (tertiary/aromatic N) is 1. The average molecular weight is 590 g/mol. The van der Waals surface area contributed by atoms with Crippen molar-refractivity contribution in [1.82, 2.24) is 4.57 Å². The zero-order valence-electron chi connectivity index (χ0n) is 25.0. The molecule has 0 saturated carbocycles. The van der Waals surface area contributed by atoms with Crippen molar-refractivity contribution in [1.29, 1.82) is 0 Å². The highest BCUT2D eigenvalue weighted by Gasteiger charge is 2.41. The topological polar surface area (TPSA) is 4.93 Å². The van der Waals surface area contributed by atoms with Gasteiger partial charge in [-0.05, 0) is 68.1 Å². The Morgan fingerprint density at radius 3 is 2.00 bits per heavy atom. The van der Waals surface area contributed by atoms with E-state index < -0.39 is 0 Å². The van der Waals surface area contributed by atoms with Gasteiger partial charge < -0.3 is 4.57 Å². The quantitative estimate of drug-likeness (QED) is 0.179. The first-order chi connectivity index (χ1) is 22.1. The van der Waals surface area contributed by atoms with Gasteiger partial charge in [0.25, 0.3) is 0 Å². The van der Waals surface area contributed by atoms with E-state index >= 15 is 0 Å². The van der Waals surface area contributed by atoms with E-state index in [0.717, 1.165) is 0 Å². The lowest BCUT2D eigenvalue weighted by atomic mass is 9.81. The molecule has 210 valence electrons. The van der Waals surface area contributed by atoms with Crippen LogP contribution in [0.4, 0.5) is 0 Å². The number of benzene rings is 7. The molecule has 0 radical (unpaired) electrons. The van der Waals surface area contributed by atoms with Crippen molar-refractivity contribution in [2.75, 3.05) is 0 Å². The predicted octanol–water partition coefficient (Wildman–Crippen LogP) is 12.3. The number of hydrogen-bond donors (Lipinski definition) is 0. The number of rotatable bonds is 1. The van der Waals surface area contributed by atoms with E-state index in [0.29, 0.717) is 0 Å². The first-order valence-electron chi connectivity index (χ1n) is 15.8. The maximum atomic E-state index is 2.62. The third kappa shape index (κ3) is 2.77. The fraction of sp³-hybridized carbons (Fsp3) is 0.0698. The number of fused-ring (bicyclic) bond motifs is 15. The molecular formula is C43H27NS. The third-order valence-corrected chi connectivity index (χ3v) is 11.9. The molecule has 1 nitrogen and oxygen atoms in total. The van der Waals surface area contributed by atoms with E-state index in [4.69, 9.17) is 0 Å². The average Bonchev–Trinajstić information content (AvgIpc) is 3.78. The Morgan fingerprint density at radius 1 is 0.511 bits per heavy atom. The van der Waals surface area contributed by atoms with E-state index in [9.17, 15) is 0 Å². The van der Waals surface area contributed by atoms with Gasteiger partial charge in [-0.1, -0.05) is 123 Å². The van der Waals surface area contributed by atoms with E-state index in [-0.39, 0.29) is 5.41 Å². The largest absolute Gasteiger partial charge is 0.308 e. The molecule has 0 saturated heterocycles. The lowest BCUT2D eigenvalue weighted by Gasteiger charge is -2.24. The zero-order chi connectivity index (χ0) is 29.6. The van der Waals surface area contributed by atoms with Crippen molar-refractivity contribution in [3.05, 3.63) is 139 Å². The van der Waals surface area contributed by atoms with Crippen LogP contribution in [0.1, 0.15) is 25.0 Å². The fourth-order valence-electron chi connectivity index (χ4n) is 8.92. The molecular weight excluding hydrogens is 563 g/mol. The summed E-state index contributed by atoms with van der Waals surface area (Å²) < 4.78 is 5.36. The molecule has 0 bridgehead atoms. The molecule has 0 N–H and O–H groups in total. The Labute approximate surface area is 264 Å². The minimum Gasteiger partial charge on any atom is -0.308 e. The van der Waals surface area contributed by atoms with Crippen molar-refractivity contribution in [3.8, 4) is 39.1 Å². The summed E-state index contributed by atoms with van der Waals surface area (Å²) >= 11 is 1.95. The second kappa shape index (κ2) is 8.10. The van der Waals surface area contributed by atoms with Crippen LogP contribution >= 0.6 is 11.3 Å². The zero-order valence-corrected chi connectivity index (χ0v) is 25.8. The van der Waals surface area contributed by atoms with Gasteiger partial charge in [0.05, 0.1) is 16.7 Å². The minimum atomic E-state index is -0.168. The first kappa shape index (κ1) is 24.2. The third-order valence-electron chi connectivity index (χ3n) is 10.7.